The molecular weight excluding hydrogens is 530 g/mol. The van der Waals surface area contributed by atoms with Gasteiger partial charge in [0, 0.05) is 38.0 Å². The first-order chi connectivity index (χ1) is 19.5. The van der Waals surface area contributed by atoms with Crippen molar-refractivity contribution in [3.8, 4) is 11.5 Å². The molecule has 11 heteroatoms. The van der Waals surface area contributed by atoms with Gasteiger partial charge in [-0.25, -0.2) is 9.78 Å². The minimum absolute atomic E-state index is 0.0241. The number of nitrogens with one attached hydrogen (secondary N) is 2. The molecule has 0 aliphatic carbocycles. The van der Waals surface area contributed by atoms with E-state index in [1.165, 1.54) is 18.9 Å². The minimum Gasteiger partial charge on any atom is -0.457 e. The Morgan fingerprint density at radius 2 is 1.88 bits per heavy atom. The maximum atomic E-state index is 13.5. The van der Waals surface area contributed by atoms with Crippen LogP contribution in [0, 0.1) is 0 Å². The molecule has 1 aromatic heterocycles. The van der Waals surface area contributed by atoms with Crippen LogP contribution >= 0.6 is 11.8 Å². The largest absolute Gasteiger partial charge is 0.457 e. The molecule has 2 unspecified atom stereocenters. The van der Waals surface area contributed by atoms with Crippen LogP contribution in [0.3, 0.4) is 0 Å². The first-order valence-electron chi connectivity index (χ1n) is 13.2. The average molecular weight is 560 g/mol. The fraction of sp³-hybridized carbons (Fsp3) is 0.310. The molecule has 2 N–H and O–H groups in total. The van der Waals surface area contributed by atoms with Crippen LogP contribution in [0.25, 0.3) is 0 Å². The summed E-state index contributed by atoms with van der Waals surface area (Å²) in [5.41, 5.74) is 2.20. The van der Waals surface area contributed by atoms with Crippen molar-refractivity contribution in [1.29, 1.82) is 0 Å². The van der Waals surface area contributed by atoms with E-state index in [1.54, 1.807) is 22.1 Å². The smallest absolute Gasteiger partial charge is 0.327 e. The summed E-state index contributed by atoms with van der Waals surface area (Å²) in [6.45, 7) is 1.12. The Bertz CT molecular complexity index is 1420. The van der Waals surface area contributed by atoms with Crippen LogP contribution in [0.2, 0.25) is 0 Å². The number of para-hydroxylation sites is 1. The standard InChI is InChI=1S/C29H29N5O5S/c1-38-17-23(35)33-15-5-6-18(16-33)31-27(36)26-25-24-22(13-14-30-28(24)40-26)34(29(37)32-25)19-9-11-21(12-10-19)39-20-7-3-2-4-8-20/h2-4,7-14,18,25-26H,5-6,15-17H2,1H3,(H,31,36)(H,32,37)/t18?,25?,26-/m1/s1. The molecule has 4 amide bonds. The van der Waals surface area contributed by atoms with Crippen molar-refractivity contribution >= 4 is 41.0 Å². The molecule has 3 aliphatic heterocycles. The van der Waals surface area contributed by atoms with Crippen LogP contribution < -0.4 is 20.3 Å². The average Bonchev–Trinajstić information content (AvgIpc) is 3.34. The van der Waals surface area contributed by atoms with Gasteiger partial charge in [0.15, 0.2) is 0 Å². The number of rotatable bonds is 7. The minimum atomic E-state index is -0.568. The first kappa shape index (κ1) is 26.1. The number of likely N-dealkylation sites (tertiary alicyclic amines) is 1. The second-order valence-corrected chi connectivity index (χ2v) is 11.0. The van der Waals surface area contributed by atoms with Crippen molar-refractivity contribution < 1.29 is 23.9 Å². The zero-order chi connectivity index (χ0) is 27.6. The van der Waals surface area contributed by atoms with Gasteiger partial charge in [0.2, 0.25) is 11.8 Å². The molecule has 6 rings (SSSR count). The number of methoxy groups -OCH3 is 1. The molecule has 206 valence electrons. The van der Waals surface area contributed by atoms with E-state index >= 15 is 0 Å². The van der Waals surface area contributed by atoms with Crippen molar-refractivity contribution in [2.45, 2.75) is 35.2 Å². The van der Waals surface area contributed by atoms with Crippen LogP contribution in [0.15, 0.2) is 71.9 Å². The summed E-state index contributed by atoms with van der Waals surface area (Å²) in [6.07, 6.45) is 3.25. The molecule has 0 spiro atoms. The highest BCUT2D eigenvalue weighted by molar-refractivity contribution is 8.01. The summed E-state index contributed by atoms with van der Waals surface area (Å²) < 4.78 is 10.9. The number of piperidine rings is 1. The number of carbonyl (C=O) groups is 3. The number of aromatic nitrogens is 1. The van der Waals surface area contributed by atoms with Gasteiger partial charge < -0.3 is 25.0 Å². The van der Waals surface area contributed by atoms with Gasteiger partial charge in [-0.3, -0.25) is 14.5 Å². The van der Waals surface area contributed by atoms with Crippen LogP contribution in [-0.4, -0.2) is 65.8 Å². The fourth-order valence-electron chi connectivity index (χ4n) is 5.39. The molecule has 3 aliphatic rings. The summed E-state index contributed by atoms with van der Waals surface area (Å²) >= 11 is 1.35. The van der Waals surface area contributed by atoms with E-state index in [-0.39, 0.29) is 30.5 Å². The van der Waals surface area contributed by atoms with E-state index in [1.807, 2.05) is 54.6 Å². The molecule has 0 radical (unpaired) electrons. The number of hydrogen-bond donors (Lipinski definition) is 2. The first-order valence-corrected chi connectivity index (χ1v) is 14.1. The van der Waals surface area contributed by atoms with Crippen molar-refractivity contribution in [2.24, 2.45) is 0 Å². The maximum absolute atomic E-state index is 13.5. The third kappa shape index (κ3) is 5.09. The lowest BCUT2D eigenvalue weighted by Crippen LogP contribution is -2.54. The second kappa shape index (κ2) is 11.2. The Hall–Kier alpha value is -4.09. The number of amides is 4. The van der Waals surface area contributed by atoms with Crippen LogP contribution in [0.4, 0.5) is 16.2 Å². The number of nitrogens with zero attached hydrogens (tertiary/aromatic N) is 3. The van der Waals surface area contributed by atoms with Crippen molar-refractivity contribution in [2.75, 3.05) is 31.7 Å². The zero-order valence-electron chi connectivity index (χ0n) is 21.9. The maximum Gasteiger partial charge on any atom is 0.327 e. The van der Waals surface area contributed by atoms with Gasteiger partial charge in [0.05, 0.1) is 17.4 Å². The normalized spacial score (nSPS) is 21.4. The SMILES string of the molecule is COCC(=O)N1CCCC(NC(=O)[C@@H]2Sc3nccc4c3C2NC(=O)N4c2ccc(Oc3ccccc3)cc2)C1. The topological polar surface area (TPSA) is 113 Å². The van der Waals surface area contributed by atoms with Gasteiger partial charge in [0.25, 0.3) is 0 Å². The lowest BCUT2D eigenvalue weighted by molar-refractivity contribution is -0.137. The van der Waals surface area contributed by atoms with E-state index < -0.39 is 11.3 Å². The lowest BCUT2D eigenvalue weighted by Gasteiger charge is -2.35. The molecule has 2 aromatic carbocycles. The molecule has 1 fully saturated rings. The third-order valence-electron chi connectivity index (χ3n) is 7.23. The third-order valence-corrected chi connectivity index (χ3v) is 8.52. The Morgan fingerprint density at radius 1 is 1.10 bits per heavy atom. The van der Waals surface area contributed by atoms with E-state index in [2.05, 4.69) is 15.6 Å². The zero-order valence-corrected chi connectivity index (χ0v) is 22.7. The van der Waals surface area contributed by atoms with Gasteiger partial charge in [-0.05, 0) is 55.3 Å². The second-order valence-electron chi connectivity index (χ2n) is 9.88. The number of urea groups is 1. The summed E-state index contributed by atoms with van der Waals surface area (Å²) in [5.74, 6) is 1.12. The van der Waals surface area contributed by atoms with Crippen LogP contribution in [-0.2, 0) is 14.3 Å². The highest BCUT2D eigenvalue weighted by Gasteiger charge is 2.47. The van der Waals surface area contributed by atoms with E-state index in [4.69, 9.17) is 9.47 Å². The van der Waals surface area contributed by atoms with Crippen molar-refractivity contribution in [3.63, 3.8) is 0 Å². The molecule has 0 bridgehead atoms. The number of pyridine rings is 1. The lowest BCUT2D eigenvalue weighted by atomic mass is 9.99. The summed E-state index contributed by atoms with van der Waals surface area (Å²) in [7, 11) is 1.49. The number of carbonyl (C=O) groups excluding carboxylic acids is 3. The quantitative estimate of drug-likeness (QED) is 0.450. The molecular formula is C29H29N5O5S. The molecule has 0 saturated carbocycles. The van der Waals surface area contributed by atoms with Gasteiger partial charge in [-0.2, -0.15) is 0 Å². The van der Waals surface area contributed by atoms with E-state index in [0.29, 0.717) is 30.2 Å². The van der Waals surface area contributed by atoms with Crippen LogP contribution in [0.5, 0.6) is 11.5 Å². The highest BCUT2D eigenvalue weighted by atomic mass is 32.2. The summed E-state index contributed by atoms with van der Waals surface area (Å²) in [4.78, 5) is 47.0. The number of anilines is 2. The molecule has 3 aromatic rings. The van der Waals surface area contributed by atoms with Gasteiger partial charge in [0.1, 0.15) is 28.4 Å². The Balaban J connectivity index is 1.18. The molecule has 4 heterocycles. The number of ether oxygens (including phenoxy) is 2. The van der Waals surface area contributed by atoms with E-state index in [0.717, 1.165) is 29.2 Å². The number of hydrogen-bond acceptors (Lipinski definition) is 7. The number of benzene rings is 2. The molecule has 1 saturated heterocycles. The highest BCUT2D eigenvalue weighted by Crippen LogP contribution is 2.50. The predicted molar refractivity (Wildman–Crippen MR) is 150 cm³/mol. The van der Waals surface area contributed by atoms with Crippen LogP contribution in [0.1, 0.15) is 24.4 Å². The Morgan fingerprint density at radius 3 is 2.65 bits per heavy atom. The van der Waals surface area contributed by atoms with Gasteiger partial charge in [-0.15, -0.1) is 0 Å². The molecule has 10 nitrogen and oxygen atoms in total. The predicted octanol–water partition coefficient (Wildman–Crippen LogP) is 4.00. The van der Waals surface area contributed by atoms with Gasteiger partial charge in [-0.1, -0.05) is 30.0 Å². The Kier molecular flexibility index (Phi) is 7.31. The van der Waals surface area contributed by atoms with E-state index in [9.17, 15) is 14.4 Å². The Labute approximate surface area is 236 Å². The fourth-order valence-corrected chi connectivity index (χ4v) is 6.62. The van der Waals surface area contributed by atoms with Gasteiger partial charge >= 0.3 is 6.03 Å². The monoisotopic (exact) mass is 559 g/mol. The molecule has 3 atom stereocenters. The van der Waals surface area contributed by atoms with Crippen molar-refractivity contribution in [3.05, 3.63) is 72.4 Å². The van der Waals surface area contributed by atoms with Crippen molar-refractivity contribution in [1.82, 2.24) is 20.5 Å². The summed E-state index contributed by atoms with van der Waals surface area (Å²) in [5, 5.41) is 6.31. The molecule has 40 heavy (non-hydrogen) atoms. The number of thioether (sulfide) groups is 1. The summed E-state index contributed by atoms with van der Waals surface area (Å²) in [6, 6.07) is 17.6.